The Labute approximate surface area is 103 Å². The van der Waals surface area contributed by atoms with Crippen LogP contribution in [0.1, 0.15) is 19.3 Å². The largest absolute Gasteiger partial charge is 0.469 e. The summed E-state index contributed by atoms with van der Waals surface area (Å²) in [4.78, 5) is 14.9. The second kappa shape index (κ2) is 11.2. The van der Waals surface area contributed by atoms with E-state index in [1.165, 1.54) is 7.11 Å². The predicted octanol–water partition coefficient (Wildman–Crippen LogP) is 0.141. The lowest BCUT2D eigenvalue weighted by atomic mass is 10.2. The summed E-state index contributed by atoms with van der Waals surface area (Å²) in [6.07, 6.45) is 2.18. The first kappa shape index (κ1) is 15.7. The molecule has 0 radical (unpaired) electrons. The molecule has 100 valence electrons. The van der Waals surface area contributed by atoms with E-state index in [0.29, 0.717) is 13.0 Å². The van der Waals surface area contributed by atoms with Gasteiger partial charge in [0, 0.05) is 33.7 Å². The lowest BCUT2D eigenvalue weighted by Gasteiger charge is -2.11. The predicted molar refractivity (Wildman–Crippen MR) is 67.1 cm³/mol. The summed E-state index contributed by atoms with van der Waals surface area (Å²) >= 11 is 0. The Morgan fingerprint density at radius 2 is 1.88 bits per heavy atom. The number of methoxy groups -OCH3 is 2. The zero-order valence-electron chi connectivity index (χ0n) is 10.9. The number of rotatable bonds is 8. The van der Waals surface area contributed by atoms with Gasteiger partial charge in [-0.05, 0) is 12.8 Å². The third kappa shape index (κ3) is 9.62. The highest BCUT2D eigenvalue weighted by molar-refractivity contribution is 5.79. The summed E-state index contributed by atoms with van der Waals surface area (Å²) in [5.41, 5.74) is 0. The van der Waals surface area contributed by atoms with E-state index in [1.807, 2.05) is 0 Å². The van der Waals surface area contributed by atoms with Crippen molar-refractivity contribution in [1.29, 1.82) is 0 Å². The Morgan fingerprint density at radius 3 is 2.47 bits per heavy atom. The maximum atomic E-state index is 10.8. The number of aliphatic imine (C=N–C) groups is 1. The third-order valence-corrected chi connectivity index (χ3v) is 2.15. The van der Waals surface area contributed by atoms with Crippen LogP contribution in [0.5, 0.6) is 0 Å². The molecule has 2 N–H and O–H groups in total. The van der Waals surface area contributed by atoms with Crippen LogP contribution in [-0.4, -0.2) is 52.9 Å². The number of carbonyl (C=O) groups is 1. The Balaban J connectivity index is 3.47. The number of esters is 1. The molecule has 0 bridgehead atoms. The van der Waals surface area contributed by atoms with Gasteiger partial charge in [-0.1, -0.05) is 0 Å². The number of hydrogen-bond acceptors (Lipinski definition) is 4. The second-order valence-corrected chi connectivity index (χ2v) is 3.45. The van der Waals surface area contributed by atoms with E-state index in [2.05, 4.69) is 20.4 Å². The van der Waals surface area contributed by atoms with E-state index in [4.69, 9.17) is 4.74 Å². The van der Waals surface area contributed by atoms with E-state index >= 15 is 0 Å². The minimum absolute atomic E-state index is 0.160. The van der Waals surface area contributed by atoms with Gasteiger partial charge in [0.25, 0.3) is 0 Å². The van der Waals surface area contributed by atoms with Crippen molar-refractivity contribution < 1.29 is 14.3 Å². The van der Waals surface area contributed by atoms with Crippen LogP contribution in [0, 0.1) is 0 Å². The highest BCUT2D eigenvalue weighted by atomic mass is 16.5. The lowest BCUT2D eigenvalue weighted by Crippen LogP contribution is -2.39. The molecular formula is C11H23N3O3. The van der Waals surface area contributed by atoms with Crippen molar-refractivity contribution in [3.8, 4) is 0 Å². The Bertz CT molecular complexity index is 232. The highest BCUT2D eigenvalue weighted by Crippen LogP contribution is 1.95. The van der Waals surface area contributed by atoms with Gasteiger partial charge < -0.3 is 20.1 Å². The number of unbranched alkanes of at least 4 members (excludes halogenated alkanes) is 1. The van der Waals surface area contributed by atoms with Crippen LogP contribution < -0.4 is 10.6 Å². The smallest absolute Gasteiger partial charge is 0.305 e. The van der Waals surface area contributed by atoms with E-state index < -0.39 is 0 Å². The normalized spacial score (nSPS) is 11.1. The first-order valence-electron chi connectivity index (χ1n) is 5.74. The van der Waals surface area contributed by atoms with Crippen LogP contribution in [0.4, 0.5) is 0 Å². The van der Waals surface area contributed by atoms with E-state index in [9.17, 15) is 4.79 Å². The summed E-state index contributed by atoms with van der Waals surface area (Å²) in [6, 6.07) is 0. The van der Waals surface area contributed by atoms with Gasteiger partial charge in [0.05, 0.1) is 13.7 Å². The number of nitrogens with one attached hydrogen (secondary N) is 2. The fraction of sp³-hybridized carbons (Fsp3) is 0.818. The number of guanidine groups is 1. The highest BCUT2D eigenvalue weighted by Gasteiger charge is 2.00. The first-order chi connectivity index (χ1) is 8.24. The Kier molecular flexibility index (Phi) is 10.3. The van der Waals surface area contributed by atoms with Gasteiger partial charge in [0.1, 0.15) is 0 Å². The van der Waals surface area contributed by atoms with Gasteiger partial charge in [0.2, 0.25) is 0 Å². The maximum Gasteiger partial charge on any atom is 0.305 e. The van der Waals surface area contributed by atoms with Crippen LogP contribution in [0.2, 0.25) is 0 Å². The van der Waals surface area contributed by atoms with Gasteiger partial charge in [-0.25, -0.2) is 0 Å². The standard InChI is InChI=1S/C11H23N3O3/c1-12-11(14-8-9-16-2)13-7-5-4-6-10(15)17-3/h4-9H2,1-3H3,(H2,12,13,14). The molecule has 0 saturated heterocycles. The van der Waals surface area contributed by atoms with Crippen molar-refractivity contribution in [2.24, 2.45) is 4.99 Å². The summed E-state index contributed by atoms with van der Waals surface area (Å²) < 4.78 is 9.48. The van der Waals surface area contributed by atoms with Gasteiger partial charge in [-0.3, -0.25) is 9.79 Å². The molecular weight excluding hydrogens is 222 g/mol. The molecule has 17 heavy (non-hydrogen) atoms. The van der Waals surface area contributed by atoms with Crippen molar-refractivity contribution in [3.63, 3.8) is 0 Å². The van der Waals surface area contributed by atoms with Gasteiger partial charge in [0.15, 0.2) is 5.96 Å². The molecule has 0 rings (SSSR count). The third-order valence-electron chi connectivity index (χ3n) is 2.15. The van der Waals surface area contributed by atoms with Crippen molar-refractivity contribution in [1.82, 2.24) is 10.6 Å². The van der Waals surface area contributed by atoms with E-state index in [-0.39, 0.29) is 5.97 Å². The molecule has 0 saturated carbocycles. The average molecular weight is 245 g/mol. The van der Waals surface area contributed by atoms with Gasteiger partial charge in [-0.2, -0.15) is 0 Å². The molecule has 0 aliphatic carbocycles. The summed E-state index contributed by atoms with van der Waals surface area (Å²) in [7, 11) is 4.78. The molecule has 0 aromatic rings. The Hall–Kier alpha value is -1.30. The minimum atomic E-state index is -0.160. The molecule has 0 aromatic carbocycles. The zero-order valence-corrected chi connectivity index (χ0v) is 10.9. The molecule has 0 spiro atoms. The van der Waals surface area contributed by atoms with E-state index in [1.54, 1.807) is 14.2 Å². The zero-order chi connectivity index (χ0) is 12.9. The first-order valence-corrected chi connectivity index (χ1v) is 5.74. The van der Waals surface area contributed by atoms with Crippen LogP contribution >= 0.6 is 0 Å². The molecule has 0 heterocycles. The van der Waals surface area contributed by atoms with Crippen LogP contribution in [0.3, 0.4) is 0 Å². The molecule has 0 aromatic heterocycles. The quantitative estimate of drug-likeness (QED) is 0.275. The molecule has 0 fully saturated rings. The van der Waals surface area contributed by atoms with Crippen LogP contribution in [0.25, 0.3) is 0 Å². The number of nitrogens with zero attached hydrogens (tertiary/aromatic N) is 1. The number of ether oxygens (including phenoxy) is 2. The van der Waals surface area contributed by atoms with Crippen molar-refractivity contribution >= 4 is 11.9 Å². The van der Waals surface area contributed by atoms with Crippen molar-refractivity contribution in [2.75, 3.05) is 41.0 Å². The lowest BCUT2D eigenvalue weighted by molar-refractivity contribution is -0.140. The van der Waals surface area contributed by atoms with Crippen LogP contribution in [0.15, 0.2) is 4.99 Å². The molecule has 0 aliphatic rings. The monoisotopic (exact) mass is 245 g/mol. The molecule has 6 heteroatoms. The molecule has 6 nitrogen and oxygen atoms in total. The molecule has 0 atom stereocenters. The summed E-state index contributed by atoms with van der Waals surface area (Å²) in [5.74, 6) is 0.590. The van der Waals surface area contributed by atoms with Crippen molar-refractivity contribution in [3.05, 3.63) is 0 Å². The molecule has 0 amide bonds. The minimum Gasteiger partial charge on any atom is -0.469 e. The molecule has 0 aliphatic heterocycles. The van der Waals surface area contributed by atoms with Crippen molar-refractivity contribution in [2.45, 2.75) is 19.3 Å². The van der Waals surface area contributed by atoms with E-state index in [0.717, 1.165) is 31.9 Å². The van der Waals surface area contributed by atoms with Gasteiger partial charge >= 0.3 is 5.97 Å². The maximum absolute atomic E-state index is 10.8. The topological polar surface area (TPSA) is 72.0 Å². The molecule has 0 unspecified atom stereocenters. The summed E-state index contributed by atoms with van der Waals surface area (Å²) in [6.45, 7) is 2.14. The second-order valence-electron chi connectivity index (χ2n) is 3.45. The fourth-order valence-electron chi connectivity index (χ4n) is 1.20. The summed E-state index contributed by atoms with van der Waals surface area (Å²) in [5, 5.41) is 6.25. The number of hydrogen-bond donors (Lipinski definition) is 2. The fourth-order valence-corrected chi connectivity index (χ4v) is 1.20. The Morgan fingerprint density at radius 1 is 1.18 bits per heavy atom. The van der Waals surface area contributed by atoms with Crippen LogP contribution in [-0.2, 0) is 14.3 Å². The number of carbonyl (C=O) groups excluding carboxylic acids is 1. The SMILES string of the molecule is CN=C(NCCCCC(=O)OC)NCCOC. The van der Waals surface area contributed by atoms with Gasteiger partial charge in [-0.15, -0.1) is 0 Å². The average Bonchev–Trinajstić information content (AvgIpc) is 2.36.